The Balaban J connectivity index is 1.87. The number of halogens is 1. The zero-order chi connectivity index (χ0) is 20.9. The van der Waals surface area contributed by atoms with Crippen LogP contribution in [0.2, 0.25) is 0 Å². The van der Waals surface area contributed by atoms with Crippen molar-refractivity contribution in [3.63, 3.8) is 0 Å². The maximum Gasteiger partial charge on any atom is 0.407 e. The molecule has 0 bridgehead atoms. The van der Waals surface area contributed by atoms with Crippen LogP contribution in [0.15, 0.2) is 69.4 Å². The molecule has 1 N–H and O–H groups in total. The first-order valence-corrected chi connectivity index (χ1v) is 11.0. The number of rotatable bonds is 5. The zero-order valence-corrected chi connectivity index (χ0v) is 19.1. The molecule has 1 amide bonds. The topological polar surface area (TPSA) is 55.6 Å². The van der Waals surface area contributed by atoms with Crippen molar-refractivity contribution < 1.29 is 9.53 Å². The predicted octanol–water partition coefficient (Wildman–Crippen LogP) is 5.74. The van der Waals surface area contributed by atoms with E-state index in [1.165, 1.54) is 0 Å². The molecule has 2 aromatic carbocycles. The van der Waals surface area contributed by atoms with Crippen LogP contribution in [0.25, 0.3) is 11.3 Å². The van der Waals surface area contributed by atoms with Crippen LogP contribution < -0.4 is 10.1 Å². The molecule has 5 nitrogen and oxygen atoms in total. The number of aromatic nitrogens is 1. The minimum absolute atomic E-state index is 0.417. The van der Waals surface area contributed by atoms with Gasteiger partial charge in [-0.2, -0.15) is 0 Å². The van der Waals surface area contributed by atoms with Crippen molar-refractivity contribution in [2.24, 2.45) is 4.99 Å². The highest BCUT2D eigenvalue weighted by molar-refractivity contribution is 9.10. The van der Waals surface area contributed by atoms with Crippen LogP contribution in [-0.2, 0) is 11.3 Å². The SMILES string of the molecule is CC(C)(C)OC(=O)NCCn1c(-c2ccc(Br)cc2)cs/c1=N/c1ccccc1. The Morgan fingerprint density at radius 3 is 2.48 bits per heavy atom. The number of nitrogens with zero attached hydrogens (tertiary/aromatic N) is 2. The van der Waals surface area contributed by atoms with E-state index in [0.29, 0.717) is 13.1 Å². The molecule has 0 unspecified atom stereocenters. The first-order valence-electron chi connectivity index (χ1n) is 9.33. The highest BCUT2D eigenvalue weighted by Crippen LogP contribution is 2.23. The lowest BCUT2D eigenvalue weighted by Gasteiger charge is -2.20. The minimum Gasteiger partial charge on any atom is -0.444 e. The Morgan fingerprint density at radius 1 is 1.14 bits per heavy atom. The number of ether oxygens (including phenoxy) is 1. The second kappa shape index (κ2) is 9.41. The third-order valence-corrected chi connectivity index (χ3v) is 5.31. The van der Waals surface area contributed by atoms with Crippen molar-refractivity contribution in [1.82, 2.24) is 9.88 Å². The van der Waals surface area contributed by atoms with Crippen LogP contribution in [0.3, 0.4) is 0 Å². The molecule has 7 heteroatoms. The summed E-state index contributed by atoms with van der Waals surface area (Å²) in [5.41, 5.74) is 2.53. The number of para-hydroxylation sites is 1. The monoisotopic (exact) mass is 473 g/mol. The largest absolute Gasteiger partial charge is 0.444 e. The van der Waals surface area contributed by atoms with E-state index in [1.807, 2.05) is 63.2 Å². The first kappa shape index (κ1) is 21.3. The molecule has 0 aliphatic carbocycles. The second-order valence-electron chi connectivity index (χ2n) is 7.44. The van der Waals surface area contributed by atoms with E-state index in [0.717, 1.165) is 26.2 Å². The summed E-state index contributed by atoms with van der Waals surface area (Å²) < 4.78 is 8.48. The van der Waals surface area contributed by atoms with Crippen LogP contribution in [0.4, 0.5) is 10.5 Å². The number of thiazole rings is 1. The number of alkyl carbamates (subject to hydrolysis) is 1. The normalized spacial score (nSPS) is 12.1. The van der Waals surface area contributed by atoms with Gasteiger partial charge in [0.1, 0.15) is 5.60 Å². The lowest BCUT2D eigenvalue weighted by Crippen LogP contribution is -2.35. The molecule has 3 aromatic rings. The molecular weight excluding hydrogens is 450 g/mol. The fourth-order valence-electron chi connectivity index (χ4n) is 2.68. The summed E-state index contributed by atoms with van der Waals surface area (Å²) in [7, 11) is 0. The van der Waals surface area contributed by atoms with Gasteiger partial charge in [-0.25, -0.2) is 9.79 Å². The molecule has 152 valence electrons. The van der Waals surface area contributed by atoms with E-state index in [9.17, 15) is 4.79 Å². The number of amides is 1. The van der Waals surface area contributed by atoms with Gasteiger partial charge in [-0.3, -0.25) is 0 Å². The average Bonchev–Trinajstić information content (AvgIpc) is 3.04. The van der Waals surface area contributed by atoms with Crippen molar-refractivity contribution in [2.45, 2.75) is 32.9 Å². The smallest absolute Gasteiger partial charge is 0.407 e. The Kier molecular flexibility index (Phi) is 6.92. The molecule has 0 spiro atoms. The van der Waals surface area contributed by atoms with Crippen LogP contribution in [0.1, 0.15) is 20.8 Å². The Morgan fingerprint density at radius 2 is 1.83 bits per heavy atom. The van der Waals surface area contributed by atoms with Gasteiger partial charge in [0.2, 0.25) is 0 Å². The maximum absolute atomic E-state index is 12.0. The van der Waals surface area contributed by atoms with E-state index in [2.05, 4.69) is 43.3 Å². The third-order valence-electron chi connectivity index (χ3n) is 3.92. The maximum atomic E-state index is 12.0. The highest BCUT2D eigenvalue weighted by atomic mass is 79.9. The molecule has 0 aliphatic rings. The van der Waals surface area contributed by atoms with Crippen molar-refractivity contribution in [2.75, 3.05) is 6.54 Å². The van der Waals surface area contributed by atoms with Crippen molar-refractivity contribution >= 4 is 39.0 Å². The molecule has 0 saturated carbocycles. The summed E-state index contributed by atoms with van der Waals surface area (Å²) in [6.45, 7) is 6.57. The summed E-state index contributed by atoms with van der Waals surface area (Å²) in [5, 5.41) is 4.93. The van der Waals surface area contributed by atoms with Gasteiger partial charge in [-0.15, -0.1) is 11.3 Å². The molecule has 0 fully saturated rings. The number of carbonyl (C=O) groups excluding carboxylic acids is 1. The highest BCUT2D eigenvalue weighted by Gasteiger charge is 2.16. The number of benzene rings is 2. The number of hydrogen-bond acceptors (Lipinski definition) is 4. The summed E-state index contributed by atoms with van der Waals surface area (Å²) in [6.07, 6.45) is -0.417. The van der Waals surface area contributed by atoms with Gasteiger partial charge in [0.05, 0.1) is 11.4 Å². The second-order valence-corrected chi connectivity index (χ2v) is 9.19. The fraction of sp³-hybridized carbons (Fsp3) is 0.273. The van der Waals surface area contributed by atoms with E-state index < -0.39 is 11.7 Å². The van der Waals surface area contributed by atoms with Gasteiger partial charge in [0.15, 0.2) is 4.80 Å². The third kappa shape index (κ3) is 6.30. The molecule has 0 radical (unpaired) electrons. The Hall–Kier alpha value is -2.38. The Labute approximate surface area is 183 Å². The van der Waals surface area contributed by atoms with E-state index in [1.54, 1.807) is 11.3 Å². The van der Waals surface area contributed by atoms with E-state index in [4.69, 9.17) is 9.73 Å². The van der Waals surface area contributed by atoms with Gasteiger partial charge in [0, 0.05) is 22.9 Å². The summed E-state index contributed by atoms with van der Waals surface area (Å²) in [5.74, 6) is 0. The van der Waals surface area contributed by atoms with Gasteiger partial charge >= 0.3 is 6.09 Å². The van der Waals surface area contributed by atoms with Crippen LogP contribution in [0, 0.1) is 0 Å². The number of nitrogens with one attached hydrogen (secondary N) is 1. The molecular formula is C22H24BrN3O2S. The Bertz CT molecular complexity index is 1020. The van der Waals surface area contributed by atoms with Gasteiger partial charge in [-0.1, -0.05) is 46.3 Å². The zero-order valence-electron chi connectivity index (χ0n) is 16.7. The van der Waals surface area contributed by atoms with Gasteiger partial charge < -0.3 is 14.6 Å². The summed E-state index contributed by atoms with van der Waals surface area (Å²) in [6, 6.07) is 18.0. The average molecular weight is 474 g/mol. The van der Waals surface area contributed by atoms with Crippen LogP contribution in [0.5, 0.6) is 0 Å². The minimum atomic E-state index is -0.518. The van der Waals surface area contributed by atoms with Crippen molar-refractivity contribution in [3.8, 4) is 11.3 Å². The number of hydrogen-bond donors (Lipinski definition) is 1. The molecule has 0 saturated heterocycles. The van der Waals surface area contributed by atoms with Crippen molar-refractivity contribution in [1.29, 1.82) is 0 Å². The van der Waals surface area contributed by atoms with Crippen LogP contribution in [-0.4, -0.2) is 22.8 Å². The van der Waals surface area contributed by atoms with E-state index in [-0.39, 0.29) is 0 Å². The standard InChI is InChI=1S/C22H24BrN3O2S/c1-22(2,3)28-21(27)24-13-14-26-19(16-9-11-17(23)12-10-16)15-29-20(26)25-18-7-5-4-6-8-18/h4-12,15H,13-14H2,1-3H3,(H,24,27)/b25-20+. The van der Waals surface area contributed by atoms with Gasteiger partial charge in [0.25, 0.3) is 0 Å². The quantitative estimate of drug-likeness (QED) is 0.513. The molecule has 1 heterocycles. The predicted molar refractivity (Wildman–Crippen MR) is 121 cm³/mol. The lowest BCUT2D eigenvalue weighted by molar-refractivity contribution is 0.0526. The van der Waals surface area contributed by atoms with Crippen molar-refractivity contribution in [3.05, 3.63) is 69.3 Å². The number of carbonyl (C=O) groups is 1. The lowest BCUT2D eigenvalue weighted by atomic mass is 10.2. The first-order chi connectivity index (χ1) is 13.8. The summed E-state index contributed by atoms with van der Waals surface area (Å²) in [4.78, 5) is 17.7. The molecule has 1 aromatic heterocycles. The summed E-state index contributed by atoms with van der Waals surface area (Å²) >= 11 is 5.06. The van der Waals surface area contributed by atoms with Gasteiger partial charge in [-0.05, 0) is 50.6 Å². The molecule has 0 atom stereocenters. The molecule has 3 rings (SSSR count). The fourth-order valence-corrected chi connectivity index (χ4v) is 3.90. The van der Waals surface area contributed by atoms with Crippen LogP contribution >= 0.6 is 27.3 Å². The molecule has 0 aliphatic heterocycles. The van der Waals surface area contributed by atoms with E-state index >= 15 is 0 Å². The molecule has 29 heavy (non-hydrogen) atoms.